The number of halogens is 1. The van der Waals surface area contributed by atoms with Crippen molar-refractivity contribution in [2.75, 3.05) is 20.1 Å². The molecular weight excluding hydrogens is 241 g/mol. The van der Waals surface area contributed by atoms with Crippen LogP contribution in [0.15, 0.2) is 18.5 Å². The molecule has 19 heavy (non-hydrogen) atoms. The Labute approximate surface area is 115 Å². The van der Waals surface area contributed by atoms with Crippen molar-refractivity contribution in [1.82, 2.24) is 15.2 Å². The molecule has 1 aromatic rings. The summed E-state index contributed by atoms with van der Waals surface area (Å²) in [5, 5.41) is 3.43. The Bertz CT molecular complexity index is 391. The minimum absolute atomic E-state index is 0.139. The van der Waals surface area contributed by atoms with E-state index in [4.69, 9.17) is 0 Å². The second-order valence-corrected chi connectivity index (χ2v) is 5.53. The molecule has 1 heterocycles. The van der Waals surface area contributed by atoms with E-state index in [1.807, 2.05) is 6.92 Å². The van der Waals surface area contributed by atoms with Crippen LogP contribution in [0.3, 0.4) is 0 Å². The third kappa shape index (κ3) is 4.25. The molecule has 1 atom stereocenters. The molecule has 0 bridgehead atoms. The number of nitrogens with zero attached hydrogens (tertiary/aromatic N) is 2. The van der Waals surface area contributed by atoms with Crippen molar-refractivity contribution in [3.63, 3.8) is 0 Å². The number of hydrogen-bond donors (Lipinski definition) is 1. The van der Waals surface area contributed by atoms with Gasteiger partial charge in [0, 0.05) is 31.4 Å². The van der Waals surface area contributed by atoms with Gasteiger partial charge in [0.2, 0.25) is 0 Å². The maximum atomic E-state index is 13.1. The Morgan fingerprint density at radius 3 is 2.84 bits per heavy atom. The Morgan fingerprint density at radius 2 is 2.16 bits per heavy atom. The van der Waals surface area contributed by atoms with E-state index >= 15 is 0 Å². The third-order valence-corrected chi connectivity index (χ3v) is 4.09. The van der Waals surface area contributed by atoms with Crippen LogP contribution in [-0.4, -0.2) is 36.1 Å². The molecule has 1 fully saturated rings. The maximum Gasteiger partial charge on any atom is 0.141 e. The van der Waals surface area contributed by atoms with Crippen molar-refractivity contribution in [3.8, 4) is 0 Å². The summed E-state index contributed by atoms with van der Waals surface area (Å²) in [4.78, 5) is 6.33. The van der Waals surface area contributed by atoms with Gasteiger partial charge in [-0.2, -0.15) is 0 Å². The summed E-state index contributed by atoms with van der Waals surface area (Å²) < 4.78 is 13.1. The van der Waals surface area contributed by atoms with Gasteiger partial charge in [-0.25, -0.2) is 4.39 Å². The van der Waals surface area contributed by atoms with Crippen molar-refractivity contribution in [2.24, 2.45) is 0 Å². The lowest BCUT2D eigenvalue weighted by Gasteiger charge is -2.25. The average molecular weight is 265 g/mol. The van der Waals surface area contributed by atoms with E-state index in [1.54, 1.807) is 12.3 Å². The van der Waals surface area contributed by atoms with Crippen LogP contribution in [0, 0.1) is 5.82 Å². The number of nitrogens with one attached hydrogen (secondary N) is 1. The predicted molar refractivity (Wildman–Crippen MR) is 75.5 cm³/mol. The van der Waals surface area contributed by atoms with Crippen molar-refractivity contribution >= 4 is 0 Å². The van der Waals surface area contributed by atoms with Crippen molar-refractivity contribution in [3.05, 3.63) is 29.8 Å². The molecule has 106 valence electrons. The third-order valence-electron chi connectivity index (χ3n) is 4.09. The van der Waals surface area contributed by atoms with Crippen molar-refractivity contribution < 1.29 is 4.39 Å². The van der Waals surface area contributed by atoms with Crippen LogP contribution in [0.5, 0.6) is 0 Å². The number of hydrogen-bond acceptors (Lipinski definition) is 3. The van der Waals surface area contributed by atoms with Crippen molar-refractivity contribution in [1.29, 1.82) is 0 Å². The molecule has 1 aliphatic rings. The summed E-state index contributed by atoms with van der Waals surface area (Å²) >= 11 is 0. The van der Waals surface area contributed by atoms with E-state index in [0.717, 1.165) is 24.7 Å². The van der Waals surface area contributed by atoms with Gasteiger partial charge in [0.1, 0.15) is 5.82 Å². The molecule has 0 radical (unpaired) electrons. The Kier molecular flexibility index (Phi) is 5.28. The standard InChI is InChI=1S/C15H24FN3/c1-12(13-9-14(16)11-17-10-13)18-7-8-19(2)15-5-3-4-6-15/h9-12,15,18H,3-8H2,1-2H3. The van der Waals surface area contributed by atoms with E-state index in [0.29, 0.717) is 0 Å². The summed E-state index contributed by atoms with van der Waals surface area (Å²) in [7, 11) is 2.20. The lowest BCUT2D eigenvalue weighted by atomic mass is 10.1. The largest absolute Gasteiger partial charge is 0.309 e. The monoisotopic (exact) mass is 265 g/mol. The first-order valence-corrected chi connectivity index (χ1v) is 7.21. The molecule has 0 saturated heterocycles. The van der Waals surface area contributed by atoms with E-state index < -0.39 is 0 Å². The summed E-state index contributed by atoms with van der Waals surface area (Å²) in [6.07, 6.45) is 8.37. The van der Waals surface area contributed by atoms with E-state index in [-0.39, 0.29) is 11.9 Å². The Balaban J connectivity index is 1.72. The fourth-order valence-electron chi connectivity index (χ4n) is 2.77. The molecule has 1 unspecified atom stereocenters. The molecule has 0 spiro atoms. The van der Waals surface area contributed by atoms with Crippen molar-refractivity contribution in [2.45, 2.75) is 44.7 Å². The van der Waals surface area contributed by atoms with Crippen LogP contribution in [0.1, 0.15) is 44.2 Å². The van der Waals surface area contributed by atoms with Gasteiger partial charge < -0.3 is 10.2 Å². The van der Waals surface area contributed by atoms with Crippen LogP contribution >= 0.6 is 0 Å². The van der Waals surface area contributed by atoms with E-state index in [1.165, 1.54) is 31.9 Å². The quantitative estimate of drug-likeness (QED) is 0.857. The van der Waals surface area contributed by atoms with Gasteiger partial charge in [0.05, 0.1) is 6.20 Å². The average Bonchev–Trinajstić information content (AvgIpc) is 2.92. The highest BCUT2D eigenvalue weighted by Crippen LogP contribution is 2.22. The Morgan fingerprint density at radius 1 is 1.42 bits per heavy atom. The number of aromatic nitrogens is 1. The van der Waals surface area contributed by atoms with Gasteiger partial charge in [-0.15, -0.1) is 0 Å². The Hall–Kier alpha value is -1.00. The zero-order valence-corrected chi connectivity index (χ0v) is 11.9. The van der Waals surface area contributed by atoms with Gasteiger partial charge in [-0.05, 0) is 38.4 Å². The molecule has 0 amide bonds. The maximum absolute atomic E-state index is 13.1. The highest BCUT2D eigenvalue weighted by molar-refractivity contribution is 5.14. The summed E-state index contributed by atoms with van der Waals surface area (Å²) in [6.45, 7) is 4.01. The molecular formula is C15H24FN3. The molecule has 3 nitrogen and oxygen atoms in total. The molecule has 0 aromatic carbocycles. The lowest BCUT2D eigenvalue weighted by Crippen LogP contribution is -2.36. The van der Waals surface area contributed by atoms with Crippen LogP contribution in [0.4, 0.5) is 4.39 Å². The highest BCUT2D eigenvalue weighted by atomic mass is 19.1. The normalized spacial score (nSPS) is 18.1. The molecule has 0 aliphatic heterocycles. The fourth-order valence-corrected chi connectivity index (χ4v) is 2.77. The van der Waals surface area contributed by atoms with Gasteiger partial charge in [-0.1, -0.05) is 12.8 Å². The molecule has 1 saturated carbocycles. The highest BCUT2D eigenvalue weighted by Gasteiger charge is 2.19. The van der Waals surface area contributed by atoms with Crippen LogP contribution in [-0.2, 0) is 0 Å². The minimum Gasteiger partial charge on any atom is -0.309 e. The van der Waals surface area contributed by atoms with Crippen LogP contribution in [0.2, 0.25) is 0 Å². The second kappa shape index (κ2) is 6.96. The van der Waals surface area contributed by atoms with Gasteiger partial charge >= 0.3 is 0 Å². The molecule has 1 N–H and O–H groups in total. The minimum atomic E-state index is -0.269. The first-order chi connectivity index (χ1) is 9.16. The SMILES string of the molecule is CC(NCCN(C)C1CCCC1)c1cncc(F)c1. The zero-order chi connectivity index (χ0) is 13.7. The second-order valence-electron chi connectivity index (χ2n) is 5.53. The number of likely N-dealkylation sites (N-methyl/N-ethyl adjacent to an activating group) is 1. The lowest BCUT2D eigenvalue weighted by molar-refractivity contribution is 0.243. The number of pyridine rings is 1. The molecule has 2 rings (SSSR count). The van der Waals surface area contributed by atoms with Gasteiger partial charge in [0.15, 0.2) is 0 Å². The number of rotatable bonds is 6. The predicted octanol–water partition coefficient (Wildman–Crippen LogP) is 2.75. The van der Waals surface area contributed by atoms with E-state index in [9.17, 15) is 4.39 Å². The summed E-state index contributed by atoms with van der Waals surface area (Å²) in [5.41, 5.74) is 0.906. The van der Waals surface area contributed by atoms with Gasteiger partial charge in [-0.3, -0.25) is 4.98 Å². The molecule has 4 heteroatoms. The molecule has 1 aliphatic carbocycles. The van der Waals surface area contributed by atoms with Crippen LogP contribution < -0.4 is 5.32 Å². The first-order valence-electron chi connectivity index (χ1n) is 7.21. The fraction of sp³-hybridized carbons (Fsp3) is 0.667. The summed E-state index contributed by atoms with van der Waals surface area (Å²) in [6, 6.07) is 2.44. The first kappa shape index (κ1) is 14.4. The zero-order valence-electron chi connectivity index (χ0n) is 11.9. The van der Waals surface area contributed by atoms with Crippen LogP contribution in [0.25, 0.3) is 0 Å². The smallest absolute Gasteiger partial charge is 0.141 e. The topological polar surface area (TPSA) is 28.2 Å². The van der Waals surface area contributed by atoms with E-state index in [2.05, 4.69) is 22.2 Å². The van der Waals surface area contributed by atoms with Gasteiger partial charge in [0.25, 0.3) is 0 Å². The summed E-state index contributed by atoms with van der Waals surface area (Å²) in [5.74, 6) is -0.269. The molecule has 1 aromatic heterocycles.